The van der Waals surface area contributed by atoms with Gasteiger partial charge in [-0.2, -0.15) is 0 Å². The van der Waals surface area contributed by atoms with Gasteiger partial charge in [-0.3, -0.25) is 33.6 Å². The summed E-state index contributed by atoms with van der Waals surface area (Å²) >= 11 is 1.32. The van der Waals surface area contributed by atoms with E-state index in [1.807, 2.05) is 26.8 Å². The number of aliphatic hydroxyl groups excluding tert-OH is 1. The summed E-state index contributed by atoms with van der Waals surface area (Å²) < 4.78 is -0.852. The van der Waals surface area contributed by atoms with Gasteiger partial charge in [0.25, 0.3) is 5.91 Å². The molecule has 56 heavy (non-hydrogen) atoms. The van der Waals surface area contributed by atoms with E-state index in [0.29, 0.717) is 18.4 Å². The minimum absolute atomic E-state index is 0.0354. The van der Waals surface area contributed by atoms with Gasteiger partial charge < -0.3 is 42.3 Å². The molecule has 0 aromatic heterocycles. The van der Waals surface area contributed by atoms with Gasteiger partial charge >= 0.3 is 0 Å². The van der Waals surface area contributed by atoms with Crippen LogP contribution >= 0.6 is 11.8 Å². The molecule has 1 aromatic carbocycles. The highest BCUT2D eigenvalue weighted by Crippen LogP contribution is 2.40. The third-order valence-corrected chi connectivity index (χ3v) is 11.9. The molecule has 1 aliphatic rings. The maximum Gasteiger partial charge on any atom is 0.254 e. The van der Waals surface area contributed by atoms with E-state index in [2.05, 4.69) is 26.6 Å². The number of hydrogen-bond donors (Lipinski definition) is 7. The van der Waals surface area contributed by atoms with Crippen molar-refractivity contribution in [3.05, 3.63) is 35.9 Å². The van der Waals surface area contributed by atoms with E-state index in [-0.39, 0.29) is 24.1 Å². The number of nitrogens with zero attached hydrogens (tertiary/aromatic N) is 1. The molecule has 0 radical (unpaired) electrons. The maximum absolute atomic E-state index is 14.3. The molecule has 7 amide bonds. The number of rotatable bonds is 20. The summed E-state index contributed by atoms with van der Waals surface area (Å²) in [5, 5.41) is 25.5. The molecule has 0 bridgehead atoms. The number of nitrogens with one attached hydrogen (secondary N) is 5. The van der Waals surface area contributed by atoms with Crippen molar-refractivity contribution in [2.75, 3.05) is 5.88 Å². The summed E-state index contributed by atoms with van der Waals surface area (Å²) in [6.45, 7) is 19.2. The quantitative estimate of drug-likeness (QED) is 0.101. The number of hydrogen-bond acceptors (Lipinski definition) is 9. The summed E-state index contributed by atoms with van der Waals surface area (Å²) in [6, 6.07) is 2.64. The predicted molar refractivity (Wildman–Crippen MR) is 216 cm³/mol. The second-order valence-electron chi connectivity index (χ2n) is 16.1. The Kier molecular flexibility index (Phi) is 18.3. The predicted octanol–water partition coefficient (Wildman–Crippen LogP) is 1.60. The molecule has 0 aliphatic carbocycles. The monoisotopic (exact) mass is 803 g/mol. The van der Waals surface area contributed by atoms with Crippen LogP contribution in [0.4, 0.5) is 0 Å². The van der Waals surface area contributed by atoms with E-state index >= 15 is 0 Å². The second-order valence-corrected chi connectivity index (χ2v) is 17.7. The Morgan fingerprint density at radius 3 is 1.75 bits per heavy atom. The lowest BCUT2D eigenvalue weighted by Gasteiger charge is -2.35. The average Bonchev–Trinajstić information content (AvgIpc) is 3.46. The molecule has 1 aromatic rings. The van der Waals surface area contributed by atoms with Crippen LogP contribution in [0.1, 0.15) is 94.6 Å². The fraction of sp³-hybridized carbons (Fsp3) is 0.675. The number of thioether (sulfide) groups is 1. The average molecular weight is 804 g/mol. The van der Waals surface area contributed by atoms with E-state index in [0.717, 1.165) is 0 Å². The number of amides is 7. The van der Waals surface area contributed by atoms with Crippen LogP contribution in [-0.4, -0.2) is 104 Å². The molecule has 1 heterocycles. The van der Waals surface area contributed by atoms with Crippen molar-refractivity contribution >= 4 is 53.1 Å². The van der Waals surface area contributed by atoms with Crippen LogP contribution in [0.5, 0.6) is 0 Å². The summed E-state index contributed by atoms with van der Waals surface area (Å²) in [6.07, 6.45) is -0.618. The Balaban J connectivity index is 2.43. The molecule has 1 fully saturated rings. The van der Waals surface area contributed by atoms with Gasteiger partial charge in [-0.05, 0) is 49.5 Å². The van der Waals surface area contributed by atoms with Crippen molar-refractivity contribution in [2.45, 2.75) is 143 Å². The molecule has 1 aliphatic heterocycles. The summed E-state index contributed by atoms with van der Waals surface area (Å²) in [4.78, 5) is 94.7. The lowest BCUT2D eigenvalue weighted by Crippen LogP contribution is -2.63. The molecule has 2 rings (SSSR count). The highest BCUT2D eigenvalue weighted by Gasteiger charge is 2.51. The zero-order valence-electron chi connectivity index (χ0n) is 34.8. The first-order chi connectivity index (χ1) is 26.1. The first kappa shape index (κ1) is 48.0. The third kappa shape index (κ3) is 12.9. The normalized spacial score (nSPS) is 19.4. The lowest BCUT2D eigenvalue weighted by atomic mass is 9.94. The van der Waals surface area contributed by atoms with Crippen LogP contribution in [0.25, 0.3) is 0 Å². The van der Waals surface area contributed by atoms with Crippen LogP contribution in [-0.2, 0) is 40.0 Å². The minimum atomic E-state index is -1.82. The molecule has 1 saturated heterocycles. The topological polar surface area (TPSA) is 229 Å². The van der Waals surface area contributed by atoms with Crippen molar-refractivity contribution in [3.63, 3.8) is 0 Å². The largest absolute Gasteiger partial charge is 0.381 e. The smallest absolute Gasteiger partial charge is 0.254 e. The molecular weight excluding hydrogens is 739 g/mol. The summed E-state index contributed by atoms with van der Waals surface area (Å²) in [7, 11) is 0. The number of nitrogens with two attached hydrogens (primary N) is 1. The van der Waals surface area contributed by atoms with Crippen LogP contribution in [0, 0.1) is 23.7 Å². The van der Waals surface area contributed by atoms with Gasteiger partial charge in [0, 0.05) is 11.7 Å². The Hall–Kier alpha value is -4.18. The highest BCUT2D eigenvalue weighted by molar-refractivity contribution is 8.00. The van der Waals surface area contributed by atoms with Crippen LogP contribution in [0.3, 0.4) is 0 Å². The Morgan fingerprint density at radius 2 is 1.25 bits per heavy atom. The first-order valence-electron chi connectivity index (χ1n) is 19.5. The SMILES string of the molecule is CC[C@H](C)[C@H](NC(=O)[C@@H](NC(=O)[C@H]1N(C(=O)[C@@H](O)[C@H](Cc2ccccc2)NC(=O)[C@@H](NC(=O)[C@@H](NC(C)=O)[C@@H](C)CC)C(C)C)CSC1(C)C)C(C)C)C(N)=O. The number of aliphatic hydroxyl groups is 1. The van der Waals surface area contributed by atoms with E-state index < -0.39 is 100 Å². The fourth-order valence-corrected chi connectivity index (χ4v) is 7.72. The second kappa shape index (κ2) is 21.4. The zero-order chi connectivity index (χ0) is 42.7. The van der Waals surface area contributed by atoms with Crippen molar-refractivity contribution in [2.24, 2.45) is 29.4 Å². The van der Waals surface area contributed by atoms with Gasteiger partial charge in [0.2, 0.25) is 35.4 Å². The van der Waals surface area contributed by atoms with Crippen molar-refractivity contribution < 1.29 is 38.7 Å². The number of benzene rings is 1. The third-order valence-electron chi connectivity index (χ3n) is 10.5. The maximum atomic E-state index is 14.3. The van der Waals surface area contributed by atoms with Crippen LogP contribution < -0.4 is 32.3 Å². The summed E-state index contributed by atoms with van der Waals surface area (Å²) in [5.41, 5.74) is 6.29. The fourth-order valence-electron chi connectivity index (χ4n) is 6.58. The van der Waals surface area contributed by atoms with Gasteiger partial charge in [0.15, 0.2) is 6.10 Å². The molecule has 15 nitrogen and oxygen atoms in total. The van der Waals surface area contributed by atoms with E-state index in [4.69, 9.17) is 5.73 Å². The van der Waals surface area contributed by atoms with Gasteiger partial charge in [0.1, 0.15) is 30.2 Å². The standard InChI is InChI=1S/C40H65N7O8S/c1-12-23(7)30(34(41)50)46-36(52)29(22(5)6)45-38(54)33-40(10,11)56-20-47(33)39(55)32(49)27(19-26-17-15-14-16-18-26)43-35(51)28(21(3)4)44-37(53)31(24(8)13-2)42-25(9)48/h14-18,21-24,27-33,49H,12-13,19-20H2,1-11H3,(H2,41,50)(H,42,48)(H,43,51)(H,44,53)(H,45,54)(H,46,52)/t23-,24-,27-,28-,29-,30-,31-,32-,33+/m0/s1. The Morgan fingerprint density at radius 1 is 0.768 bits per heavy atom. The molecule has 0 saturated carbocycles. The van der Waals surface area contributed by atoms with Crippen molar-refractivity contribution in [3.8, 4) is 0 Å². The van der Waals surface area contributed by atoms with Gasteiger partial charge in [-0.25, -0.2) is 0 Å². The number of primary amides is 1. The van der Waals surface area contributed by atoms with Crippen molar-refractivity contribution in [1.29, 1.82) is 0 Å². The molecule has 8 N–H and O–H groups in total. The van der Waals surface area contributed by atoms with Gasteiger partial charge in [-0.1, -0.05) is 98.6 Å². The number of carbonyl (C=O) groups is 7. The first-order valence-corrected chi connectivity index (χ1v) is 20.5. The van der Waals surface area contributed by atoms with E-state index in [1.165, 1.54) is 23.6 Å². The molecule has 0 unspecified atom stereocenters. The highest BCUT2D eigenvalue weighted by atomic mass is 32.2. The van der Waals surface area contributed by atoms with Crippen LogP contribution in [0.2, 0.25) is 0 Å². The van der Waals surface area contributed by atoms with Gasteiger partial charge in [-0.15, -0.1) is 11.8 Å². The molecule has 314 valence electrons. The molecular formula is C40H65N7O8S. The summed E-state index contributed by atoms with van der Waals surface area (Å²) in [5.74, 6) is -5.57. The Labute approximate surface area is 336 Å². The lowest BCUT2D eigenvalue weighted by molar-refractivity contribution is -0.148. The van der Waals surface area contributed by atoms with Gasteiger partial charge in [0.05, 0.1) is 11.9 Å². The van der Waals surface area contributed by atoms with E-state index in [1.54, 1.807) is 72.7 Å². The zero-order valence-corrected chi connectivity index (χ0v) is 35.6. The number of carbonyl (C=O) groups excluding carboxylic acids is 7. The molecule has 0 spiro atoms. The molecule has 9 atom stereocenters. The van der Waals surface area contributed by atoms with Crippen molar-refractivity contribution in [1.82, 2.24) is 31.5 Å². The van der Waals surface area contributed by atoms with Crippen LogP contribution in [0.15, 0.2) is 30.3 Å². The molecule has 16 heteroatoms. The Bertz CT molecular complexity index is 1540. The van der Waals surface area contributed by atoms with E-state index in [9.17, 15) is 38.7 Å². The minimum Gasteiger partial charge on any atom is -0.381 e.